The lowest BCUT2D eigenvalue weighted by atomic mass is 9.94. The van der Waals surface area contributed by atoms with E-state index >= 15 is 0 Å². The van der Waals surface area contributed by atoms with Gasteiger partial charge in [0.2, 0.25) is 0 Å². The highest BCUT2D eigenvalue weighted by molar-refractivity contribution is 5.38. The molecule has 0 aromatic heterocycles. The van der Waals surface area contributed by atoms with Gasteiger partial charge in [-0.1, -0.05) is 25.1 Å². The molecule has 0 bridgehead atoms. The molecule has 1 unspecified atom stereocenters. The summed E-state index contributed by atoms with van der Waals surface area (Å²) >= 11 is 0. The van der Waals surface area contributed by atoms with E-state index in [0.717, 1.165) is 23.2 Å². The van der Waals surface area contributed by atoms with Gasteiger partial charge >= 0.3 is 0 Å². The summed E-state index contributed by atoms with van der Waals surface area (Å²) in [7, 11) is 0. The van der Waals surface area contributed by atoms with Crippen molar-refractivity contribution in [1.82, 2.24) is 5.32 Å². The maximum Gasteiger partial charge on any atom is 0.126 e. The third-order valence-corrected chi connectivity index (χ3v) is 3.48. The van der Waals surface area contributed by atoms with Crippen LogP contribution in [-0.2, 0) is 0 Å². The second-order valence-corrected chi connectivity index (χ2v) is 5.00. The number of aryl methyl sites for hydroxylation is 2. The molecular weight excluding hydrogens is 256 g/mol. The highest BCUT2D eigenvalue weighted by atomic mass is 19.1. The summed E-state index contributed by atoms with van der Waals surface area (Å²) in [5.74, 6) is -0.479. The fourth-order valence-corrected chi connectivity index (χ4v) is 2.38. The summed E-state index contributed by atoms with van der Waals surface area (Å²) in [4.78, 5) is 0. The molecule has 0 amide bonds. The van der Waals surface area contributed by atoms with Crippen molar-refractivity contribution in [3.05, 3.63) is 70.3 Å². The quantitative estimate of drug-likeness (QED) is 0.878. The number of nitrogens with one attached hydrogen (secondary N) is 1. The van der Waals surface area contributed by atoms with Crippen molar-refractivity contribution in [2.45, 2.75) is 26.8 Å². The fourth-order valence-electron chi connectivity index (χ4n) is 2.38. The largest absolute Gasteiger partial charge is 0.307 e. The van der Waals surface area contributed by atoms with E-state index in [4.69, 9.17) is 0 Å². The van der Waals surface area contributed by atoms with Gasteiger partial charge in [0.05, 0.1) is 6.04 Å². The standard InChI is InChI=1S/C17H19F2N/c1-4-20-17(13-6-8-16(19)12(3)9-13)15-10-14(18)7-5-11(15)2/h5-10,17,20H,4H2,1-3H3. The van der Waals surface area contributed by atoms with Gasteiger partial charge in [-0.3, -0.25) is 0 Å². The Bertz CT molecular complexity index is 608. The first-order valence-corrected chi connectivity index (χ1v) is 6.78. The zero-order chi connectivity index (χ0) is 14.7. The van der Waals surface area contributed by atoms with Gasteiger partial charge in [-0.25, -0.2) is 8.78 Å². The van der Waals surface area contributed by atoms with Crippen LogP contribution in [0.25, 0.3) is 0 Å². The van der Waals surface area contributed by atoms with Gasteiger partial charge in [-0.05, 0) is 60.8 Å². The number of halogens is 2. The SMILES string of the molecule is CCNC(c1ccc(F)c(C)c1)c1cc(F)ccc1C. The highest BCUT2D eigenvalue weighted by Gasteiger charge is 2.16. The molecule has 1 nitrogen and oxygen atoms in total. The molecule has 0 radical (unpaired) electrons. The molecule has 0 saturated carbocycles. The van der Waals surface area contributed by atoms with Crippen molar-refractivity contribution in [1.29, 1.82) is 0 Å². The van der Waals surface area contributed by atoms with E-state index in [1.807, 2.05) is 19.9 Å². The summed E-state index contributed by atoms with van der Waals surface area (Å²) in [6.07, 6.45) is 0. The molecule has 0 aliphatic heterocycles. The first-order valence-electron chi connectivity index (χ1n) is 6.78. The van der Waals surface area contributed by atoms with Crippen molar-refractivity contribution in [3.63, 3.8) is 0 Å². The van der Waals surface area contributed by atoms with Crippen molar-refractivity contribution >= 4 is 0 Å². The van der Waals surface area contributed by atoms with E-state index < -0.39 is 0 Å². The van der Waals surface area contributed by atoms with Crippen molar-refractivity contribution in [2.24, 2.45) is 0 Å². The summed E-state index contributed by atoms with van der Waals surface area (Å²) in [5, 5.41) is 3.34. The van der Waals surface area contributed by atoms with E-state index in [1.54, 1.807) is 25.1 Å². The molecule has 1 atom stereocenters. The molecule has 2 rings (SSSR count). The average molecular weight is 275 g/mol. The zero-order valence-electron chi connectivity index (χ0n) is 12.0. The number of rotatable bonds is 4. The molecule has 0 fully saturated rings. The third kappa shape index (κ3) is 3.05. The van der Waals surface area contributed by atoms with Gasteiger partial charge in [0.25, 0.3) is 0 Å². The number of benzene rings is 2. The predicted octanol–water partition coefficient (Wildman–Crippen LogP) is 4.28. The minimum atomic E-state index is -0.257. The Kier molecular flexibility index (Phi) is 4.50. The van der Waals surface area contributed by atoms with Crippen LogP contribution in [0.3, 0.4) is 0 Å². The second-order valence-electron chi connectivity index (χ2n) is 5.00. The third-order valence-electron chi connectivity index (χ3n) is 3.48. The Morgan fingerprint density at radius 2 is 1.75 bits per heavy atom. The van der Waals surface area contributed by atoms with Gasteiger partial charge in [0.1, 0.15) is 11.6 Å². The molecule has 2 aromatic carbocycles. The smallest absolute Gasteiger partial charge is 0.126 e. The number of hydrogen-bond donors (Lipinski definition) is 1. The van der Waals surface area contributed by atoms with Gasteiger partial charge in [-0.15, -0.1) is 0 Å². The molecule has 0 saturated heterocycles. The van der Waals surface area contributed by atoms with Crippen LogP contribution in [0.15, 0.2) is 36.4 Å². The van der Waals surface area contributed by atoms with E-state index in [-0.39, 0.29) is 17.7 Å². The molecule has 0 aliphatic carbocycles. The van der Waals surface area contributed by atoms with E-state index in [0.29, 0.717) is 5.56 Å². The lowest BCUT2D eigenvalue weighted by Crippen LogP contribution is -2.23. The van der Waals surface area contributed by atoms with Crippen LogP contribution in [0.5, 0.6) is 0 Å². The topological polar surface area (TPSA) is 12.0 Å². The van der Waals surface area contributed by atoms with Crippen LogP contribution < -0.4 is 5.32 Å². The summed E-state index contributed by atoms with van der Waals surface area (Å²) < 4.78 is 26.9. The molecule has 3 heteroatoms. The summed E-state index contributed by atoms with van der Waals surface area (Å²) in [6.45, 7) is 6.44. The fraction of sp³-hybridized carbons (Fsp3) is 0.294. The van der Waals surface area contributed by atoms with Crippen molar-refractivity contribution in [2.75, 3.05) is 6.54 Å². The molecule has 0 spiro atoms. The predicted molar refractivity (Wildman–Crippen MR) is 77.8 cm³/mol. The molecule has 2 aromatic rings. The van der Waals surface area contributed by atoms with Crippen LogP contribution in [-0.4, -0.2) is 6.54 Å². The van der Waals surface area contributed by atoms with Crippen LogP contribution in [0.1, 0.15) is 35.2 Å². The minimum absolute atomic E-state index is 0.130. The maximum atomic E-state index is 13.5. The zero-order valence-corrected chi connectivity index (χ0v) is 12.0. The molecule has 0 aliphatic rings. The lowest BCUT2D eigenvalue weighted by Gasteiger charge is -2.21. The monoisotopic (exact) mass is 275 g/mol. The Morgan fingerprint density at radius 1 is 1.00 bits per heavy atom. The molecule has 106 valence electrons. The lowest BCUT2D eigenvalue weighted by molar-refractivity contribution is 0.594. The maximum absolute atomic E-state index is 13.5. The Morgan fingerprint density at radius 3 is 2.40 bits per heavy atom. The molecule has 1 N–H and O–H groups in total. The summed E-state index contributed by atoms with van der Waals surface area (Å²) in [5.41, 5.74) is 3.44. The molecule has 0 heterocycles. The average Bonchev–Trinajstić information content (AvgIpc) is 2.42. The van der Waals surface area contributed by atoms with Gasteiger partial charge in [-0.2, -0.15) is 0 Å². The summed E-state index contributed by atoms with van der Waals surface area (Å²) in [6, 6.07) is 9.66. The normalized spacial score (nSPS) is 12.4. The van der Waals surface area contributed by atoms with E-state index in [1.165, 1.54) is 12.1 Å². The highest BCUT2D eigenvalue weighted by Crippen LogP contribution is 2.27. The first-order chi connectivity index (χ1) is 9.52. The van der Waals surface area contributed by atoms with Gasteiger partial charge < -0.3 is 5.32 Å². The van der Waals surface area contributed by atoms with E-state index in [9.17, 15) is 8.78 Å². The van der Waals surface area contributed by atoms with E-state index in [2.05, 4.69) is 5.32 Å². The van der Waals surface area contributed by atoms with Gasteiger partial charge in [0, 0.05) is 0 Å². The van der Waals surface area contributed by atoms with Crippen molar-refractivity contribution in [3.8, 4) is 0 Å². The van der Waals surface area contributed by atoms with Crippen LogP contribution in [0.4, 0.5) is 8.78 Å². The Labute approximate surface area is 118 Å². The second kappa shape index (κ2) is 6.14. The molecule has 20 heavy (non-hydrogen) atoms. The number of hydrogen-bond acceptors (Lipinski definition) is 1. The van der Waals surface area contributed by atoms with Crippen LogP contribution in [0.2, 0.25) is 0 Å². The van der Waals surface area contributed by atoms with Crippen LogP contribution in [0, 0.1) is 25.5 Å². The first kappa shape index (κ1) is 14.7. The Hall–Kier alpha value is -1.74. The Balaban J connectivity index is 2.49. The van der Waals surface area contributed by atoms with Gasteiger partial charge in [0.15, 0.2) is 0 Å². The molecular formula is C17H19F2N. The van der Waals surface area contributed by atoms with Crippen molar-refractivity contribution < 1.29 is 8.78 Å². The van der Waals surface area contributed by atoms with Crippen LogP contribution >= 0.6 is 0 Å². The minimum Gasteiger partial charge on any atom is -0.307 e.